The molecular weight excluding hydrogens is 210 g/mol. The van der Waals surface area contributed by atoms with E-state index in [0.29, 0.717) is 19.7 Å². The van der Waals surface area contributed by atoms with Gasteiger partial charge in [-0.25, -0.2) is 9.59 Å². The molecule has 1 rings (SSSR count). The fourth-order valence-electron chi connectivity index (χ4n) is 1.34. The van der Waals surface area contributed by atoms with Gasteiger partial charge in [-0.05, 0) is 20.8 Å². The Morgan fingerprint density at radius 3 is 2.81 bits per heavy atom. The van der Waals surface area contributed by atoms with Crippen LogP contribution in [0, 0.1) is 0 Å². The quantitative estimate of drug-likeness (QED) is 0.627. The number of ether oxygens (including phenoxy) is 2. The second-order valence-corrected chi connectivity index (χ2v) is 4.62. The zero-order valence-electron chi connectivity index (χ0n) is 9.86. The van der Waals surface area contributed by atoms with Crippen molar-refractivity contribution in [2.24, 2.45) is 0 Å². The minimum Gasteiger partial charge on any atom is -0.444 e. The molecule has 16 heavy (non-hydrogen) atoms. The second-order valence-electron chi connectivity index (χ2n) is 4.62. The van der Waals surface area contributed by atoms with Gasteiger partial charge >= 0.3 is 6.09 Å². The molecule has 0 bridgehead atoms. The molecule has 90 valence electrons. The summed E-state index contributed by atoms with van der Waals surface area (Å²) < 4.78 is 10.5. The Bertz CT molecular complexity index is 302. The van der Waals surface area contributed by atoms with Crippen molar-refractivity contribution in [1.82, 2.24) is 4.90 Å². The zero-order chi connectivity index (χ0) is 12.2. The van der Waals surface area contributed by atoms with Crippen LogP contribution in [0.15, 0.2) is 6.08 Å². The van der Waals surface area contributed by atoms with E-state index in [2.05, 4.69) is 0 Å². The van der Waals surface area contributed by atoms with E-state index in [1.165, 1.54) is 11.0 Å². The van der Waals surface area contributed by atoms with E-state index in [-0.39, 0.29) is 12.2 Å². The fourth-order valence-corrected chi connectivity index (χ4v) is 1.34. The summed E-state index contributed by atoms with van der Waals surface area (Å²) in [5.74, 6) is 1.67. The topological polar surface area (TPSA) is 55.8 Å². The lowest BCUT2D eigenvalue weighted by molar-refractivity contribution is -0.0261. The highest BCUT2D eigenvalue weighted by Gasteiger charge is 2.27. The molecule has 5 nitrogen and oxygen atoms in total. The number of carbonyl (C=O) groups excluding carboxylic acids is 2. The van der Waals surface area contributed by atoms with Gasteiger partial charge in [-0.15, -0.1) is 0 Å². The molecule has 1 fully saturated rings. The smallest absolute Gasteiger partial charge is 0.410 e. The summed E-state index contributed by atoms with van der Waals surface area (Å²) in [6.45, 7) is 6.67. The number of carbonyl (C=O) groups is 1. The van der Waals surface area contributed by atoms with Gasteiger partial charge in [0.25, 0.3) is 0 Å². The Balaban J connectivity index is 2.53. The summed E-state index contributed by atoms with van der Waals surface area (Å²) in [4.78, 5) is 23.4. The van der Waals surface area contributed by atoms with E-state index < -0.39 is 5.60 Å². The minimum atomic E-state index is -0.509. The number of rotatable bonds is 1. The molecule has 5 heteroatoms. The van der Waals surface area contributed by atoms with Crippen LogP contribution < -0.4 is 0 Å². The molecule has 0 radical (unpaired) electrons. The first-order valence-electron chi connectivity index (χ1n) is 5.23. The molecule has 0 saturated carbocycles. The van der Waals surface area contributed by atoms with E-state index in [1.807, 2.05) is 20.8 Å². The van der Waals surface area contributed by atoms with Crippen molar-refractivity contribution >= 4 is 12.0 Å². The first-order chi connectivity index (χ1) is 7.42. The monoisotopic (exact) mass is 227 g/mol. The lowest BCUT2D eigenvalue weighted by Gasteiger charge is -2.32. The van der Waals surface area contributed by atoms with Crippen LogP contribution in [0.3, 0.4) is 0 Å². The van der Waals surface area contributed by atoms with E-state index in [9.17, 15) is 9.59 Å². The first kappa shape index (κ1) is 12.7. The molecule has 0 N–H and O–H groups in total. The van der Waals surface area contributed by atoms with Crippen LogP contribution in [0.2, 0.25) is 0 Å². The van der Waals surface area contributed by atoms with Crippen LogP contribution in [-0.4, -0.2) is 48.3 Å². The summed E-state index contributed by atoms with van der Waals surface area (Å²) in [7, 11) is 0. The van der Waals surface area contributed by atoms with Crippen molar-refractivity contribution in [1.29, 1.82) is 0 Å². The van der Waals surface area contributed by atoms with Gasteiger partial charge < -0.3 is 14.4 Å². The highest BCUT2D eigenvalue weighted by Crippen LogP contribution is 2.13. The van der Waals surface area contributed by atoms with Crippen LogP contribution >= 0.6 is 0 Å². The molecule has 1 unspecified atom stereocenters. The zero-order valence-corrected chi connectivity index (χ0v) is 9.86. The summed E-state index contributed by atoms with van der Waals surface area (Å²) >= 11 is 0. The molecule has 0 aromatic heterocycles. The van der Waals surface area contributed by atoms with Crippen LogP contribution in [0.25, 0.3) is 0 Å². The number of amides is 1. The van der Waals surface area contributed by atoms with Gasteiger partial charge in [0.15, 0.2) is 0 Å². The minimum absolute atomic E-state index is 0.337. The van der Waals surface area contributed by atoms with Crippen molar-refractivity contribution in [2.75, 3.05) is 19.7 Å². The first-order valence-corrected chi connectivity index (χ1v) is 5.23. The molecular formula is C11H17NO4. The molecule has 1 atom stereocenters. The molecule has 0 aromatic carbocycles. The molecule has 0 spiro atoms. The van der Waals surface area contributed by atoms with E-state index in [4.69, 9.17) is 9.47 Å². The third-order valence-corrected chi connectivity index (χ3v) is 2.00. The number of hydrogen-bond acceptors (Lipinski definition) is 4. The van der Waals surface area contributed by atoms with E-state index >= 15 is 0 Å². The van der Waals surface area contributed by atoms with Gasteiger partial charge in [0.05, 0.1) is 13.2 Å². The maximum Gasteiger partial charge on any atom is 0.410 e. The van der Waals surface area contributed by atoms with Crippen molar-refractivity contribution in [3.63, 3.8) is 0 Å². The Kier molecular flexibility index (Phi) is 4.10. The summed E-state index contributed by atoms with van der Waals surface area (Å²) in [6, 6.07) is 0. The van der Waals surface area contributed by atoms with Gasteiger partial charge in [0.1, 0.15) is 17.6 Å². The molecule has 1 aliphatic heterocycles. The molecule has 0 aliphatic carbocycles. The van der Waals surface area contributed by atoms with Crippen molar-refractivity contribution in [2.45, 2.75) is 32.5 Å². The maximum atomic E-state index is 11.7. The third kappa shape index (κ3) is 4.04. The van der Waals surface area contributed by atoms with Gasteiger partial charge in [-0.1, -0.05) is 0 Å². The second kappa shape index (κ2) is 5.14. The van der Waals surface area contributed by atoms with E-state index in [1.54, 1.807) is 5.94 Å². The average molecular weight is 227 g/mol. The Hall–Kier alpha value is -1.32. The SMILES string of the molecule is CC(C)(C)OC(=O)N1CCOC(C=C=O)C1. The van der Waals surface area contributed by atoms with Crippen molar-refractivity contribution in [3.8, 4) is 0 Å². The maximum absolute atomic E-state index is 11.7. The highest BCUT2D eigenvalue weighted by atomic mass is 16.6. The molecule has 1 heterocycles. The molecule has 1 amide bonds. The van der Waals surface area contributed by atoms with Crippen LogP contribution in [0.1, 0.15) is 20.8 Å². The normalized spacial score (nSPS) is 21.2. The summed E-state index contributed by atoms with van der Waals surface area (Å²) in [6.07, 6.45) is 0.523. The summed E-state index contributed by atoms with van der Waals surface area (Å²) in [5, 5.41) is 0. The largest absolute Gasteiger partial charge is 0.444 e. The average Bonchev–Trinajstić information content (AvgIpc) is 2.16. The Morgan fingerprint density at radius 2 is 2.25 bits per heavy atom. The lowest BCUT2D eigenvalue weighted by atomic mass is 10.2. The molecule has 1 saturated heterocycles. The highest BCUT2D eigenvalue weighted by molar-refractivity contribution is 5.68. The van der Waals surface area contributed by atoms with Gasteiger partial charge in [-0.3, -0.25) is 0 Å². The molecule has 1 aliphatic rings. The van der Waals surface area contributed by atoms with E-state index in [0.717, 1.165) is 0 Å². The predicted molar refractivity (Wildman–Crippen MR) is 57.8 cm³/mol. The predicted octanol–water partition coefficient (Wildman–Crippen LogP) is 1.01. The van der Waals surface area contributed by atoms with Crippen molar-refractivity contribution in [3.05, 3.63) is 6.08 Å². The van der Waals surface area contributed by atoms with Crippen LogP contribution in [0.5, 0.6) is 0 Å². The van der Waals surface area contributed by atoms with Gasteiger partial charge in [0, 0.05) is 12.6 Å². The van der Waals surface area contributed by atoms with Gasteiger partial charge in [0.2, 0.25) is 0 Å². The Labute approximate surface area is 95.0 Å². The number of hydrogen-bond donors (Lipinski definition) is 0. The standard InChI is InChI=1S/C11H17NO4/c1-11(2,3)16-10(14)12-5-7-15-9(8-12)4-6-13/h4,9H,5,7-8H2,1-3H3. The van der Waals surface area contributed by atoms with Crippen LogP contribution in [0.4, 0.5) is 4.79 Å². The van der Waals surface area contributed by atoms with Crippen LogP contribution in [-0.2, 0) is 14.3 Å². The number of morpholine rings is 1. The fraction of sp³-hybridized carbons (Fsp3) is 0.727. The van der Waals surface area contributed by atoms with Gasteiger partial charge in [-0.2, -0.15) is 0 Å². The Morgan fingerprint density at radius 1 is 1.56 bits per heavy atom. The van der Waals surface area contributed by atoms with Crippen molar-refractivity contribution < 1.29 is 19.1 Å². The molecule has 0 aromatic rings. The lowest BCUT2D eigenvalue weighted by Crippen LogP contribution is -2.46. The summed E-state index contributed by atoms with van der Waals surface area (Å²) in [5.41, 5.74) is -0.509. The number of nitrogens with zero attached hydrogens (tertiary/aromatic N) is 1. The third-order valence-electron chi connectivity index (χ3n) is 2.00.